The van der Waals surface area contributed by atoms with Gasteiger partial charge in [0, 0.05) is 16.8 Å². The average molecular weight is 392 g/mol. The van der Waals surface area contributed by atoms with E-state index in [4.69, 9.17) is 4.74 Å². The second kappa shape index (κ2) is 7.36. The number of Topliss-reactive ketones (excluding diaryl/α,β-unsaturated/α-hetero) is 1. The molecule has 0 spiro atoms. The highest BCUT2D eigenvalue weighted by Gasteiger charge is 2.22. The van der Waals surface area contributed by atoms with Crippen molar-refractivity contribution in [2.45, 2.75) is 13.3 Å². The quantitative estimate of drug-likeness (QED) is 0.529. The Balaban J connectivity index is 1.48. The number of anilines is 1. The van der Waals surface area contributed by atoms with Crippen LogP contribution >= 0.6 is 11.3 Å². The molecular weight excluding hydrogens is 376 g/mol. The predicted molar refractivity (Wildman–Crippen MR) is 106 cm³/mol. The van der Waals surface area contributed by atoms with Gasteiger partial charge in [0.2, 0.25) is 5.91 Å². The summed E-state index contributed by atoms with van der Waals surface area (Å²) < 4.78 is 5.26. The Kier molecular flexibility index (Phi) is 4.75. The van der Waals surface area contributed by atoms with E-state index in [1.54, 1.807) is 18.2 Å². The van der Waals surface area contributed by atoms with Crippen LogP contribution in [0.25, 0.3) is 11.3 Å². The minimum Gasteiger partial charge on any atom is -0.453 e. The third kappa shape index (κ3) is 3.57. The summed E-state index contributed by atoms with van der Waals surface area (Å²) in [7, 11) is 0. The molecule has 2 heterocycles. The number of benzene rings is 2. The fraction of sp³-hybridized carbons (Fsp3) is 0.143. The number of nitrogens with one attached hydrogen (secondary N) is 1. The highest BCUT2D eigenvalue weighted by Crippen LogP contribution is 2.29. The Labute approximate surface area is 165 Å². The molecule has 0 aliphatic carbocycles. The molecule has 0 bridgehead atoms. The van der Waals surface area contributed by atoms with Gasteiger partial charge in [-0.25, -0.2) is 9.78 Å². The third-order valence-corrected chi connectivity index (χ3v) is 5.30. The number of ketones is 1. The maximum absolute atomic E-state index is 12.6. The molecule has 140 valence electrons. The molecule has 0 fully saturated rings. The SMILES string of the molecule is Cc1nc(-c2ccccc2)c(C(=O)OCC(=O)c2ccc3c(c2)CC(=O)N3)s1. The van der Waals surface area contributed by atoms with Crippen LogP contribution in [0, 0.1) is 6.92 Å². The number of aryl methyl sites for hydroxylation is 1. The number of thiazole rings is 1. The maximum atomic E-state index is 12.6. The van der Waals surface area contributed by atoms with E-state index in [2.05, 4.69) is 10.3 Å². The number of hydrogen-bond donors (Lipinski definition) is 1. The first kappa shape index (κ1) is 18.1. The van der Waals surface area contributed by atoms with Crippen molar-refractivity contribution in [3.8, 4) is 11.3 Å². The molecule has 7 heteroatoms. The molecule has 0 atom stereocenters. The number of carbonyl (C=O) groups excluding carboxylic acids is 3. The summed E-state index contributed by atoms with van der Waals surface area (Å²) in [6.45, 7) is 1.45. The lowest BCUT2D eigenvalue weighted by molar-refractivity contribution is -0.115. The second-order valence-corrected chi connectivity index (χ2v) is 7.58. The average Bonchev–Trinajstić information content (AvgIpc) is 3.27. The summed E-state index contributed by atoms with van der Waals surface area (Å²) in [5.41, 5.74) is 3.27. The zero-order valence-electron chi connectivity index (χ0n) is 15.0. The van der Waals surface area contributed by atoms with Crippen molar-refractivity contribution < 1.29 is 19.1 Å². The topological polar surface area (TPSA) is 85.4 Å². The molecule has 1 aliphatic heterocycles. The predicted octanol–water partition coefficient (Wildman–Crippen LogP) is 3.65. The smallest absolute Gasteiger partial charge is 0.351 e. The Bertz CT molecular complexity index is 1090. The van der Waals surface area contributed by atoms with Crippen LogP contribution in [0.1, 0.15) is 30.6 Å². The molecule has 0 unspecified atom stereocenters. The normalized spacial score (nSPS) is 12.4. The maximum Gasteiger partial charge on any atom is 0.351 e. The van der Waals surface area contributed by atoms with Crippen LogP contribution < -0.4 is 5.32 Å². The van der Waals surface area contributed by atoms with Crippen LogP contribution in [0.3, 0.4) is 0 Å². The van der Waals surface area contributed by atoms with Crippen molar-refractivity contribution in [3.63, 3.8) is 0 Å². The molecule has 1 N–H and O–H groups in total. The number of carbonyl (C=O) groups is 3. The van der Waals surface area contributed by atoms with Gasteiger partial charge in [0.25, 0.3) is 0 Å². The molecule has 0 saturated heterocycles. The lowest BCUT2D eigenvalue weighted by Gasteiger charge is -2.06. The number of amides is 1. The molecule has 3 aromatic rings. The highest BCUT2D eigenvalue weighted by atomic mass is 32.1. The van der Waals surface area contributed by atoms with Crippen molar-refractivity contribution in [1.29, 1.82) is 0 Å². The van der Waals surface area contributed by atoms with E-state index in [1.165, 1.54) is 11.3 Å². The summed E-state index contributed by atoms with van der Waals surface area (Å²) in [6, 6.07) is 14.3. The molecule has 0 saturated carbocycles. The molecule has 2 aromatic carbocycles. The van der Waals surface area contributed by atoms with Crippen molar-refractivity contribution in [1.82, 2.24) is 4.98 Å². The number of fused-ring (bicyclic) bond motifs is 1. The minimum atomic E-state index is -0.573. The first-order chi connectivity index (χ1) is 13.5. The standard InChI is InChI=1S/C21H16N2O4S/c1-12-22-19(13-5-3-2-4-6-13)20(28-12)21(26)27-11-17(24)14-7-8-16-15(9-14)10-18(25)23-16/h2-9H,10-11H2,1H3,(H,23,25). The van der Waals surface area contributed by atoms with Crippen LogP contribution in [0.4, 0.5) is 5.69 Å². The number of ether oxygens (including phenoxy) is 1. The van der Waals surface area contributed by atoms with Crippen molar-refractivity contribution in [2.24, 2.45) is 0 Å². The largest absolute Gasteiger partial charge is 0.453 e. The Morgan fingerprint density at radius 3 is 2.75 bits per heavy atom. The van der Waals surface area contributed by atoms with Gasteiger partial charge in [0.15, 0.2) is 12.4 Å². The Morgan fingerprint density at radius 2 is 1.96 bits per heavy atom. The monoisotopic (exact) mass is 392 g/mol. The number of nitrogens with zero attached hydrogens (tertiary/aromatic N) is 1. The van der Waals surface area contributed by atoms with E-state index in [0.29, 0.717) is 21.8 Å². The van der Waals surface area contributed by atoms with Gasteiger partial charge in [0.1, 0.15) is 4.88 Å². The third-order valence-electron chi connectivity index (χ3n) is 4.35. The van der Waals surface area contributed by atoms with Gasteiger partial charge in [-0.1, -0.05) is 30.3 Å². The minimum absolute atomic E-state index is 0.0972. The van der Waals surface area contributed by atoms with Crippen molar-refractivity contribution in [3.05, 3.63) is 69.5 Å². The van der Waals surface area contributed by atoms with Crippen molar-refractivity contribution in [2.75, 3.05) is 11.9 Å². The Hall–Kier alpha value is -3.32. The van der Waals surface area contributed by atoms with Gasteiger partial charge < -0.3 is 10.1 Å². The van der Waals surface area contributed by atoms with Crippen LogP contribution in [0.2, 0.25) is 0 Å². The fourth-order valence-corrected chi connectivity index (χ4v) is 3.87. The fourth-order valence-electron chi connectivity index (χ4n) is 3.04. The highest BCUT2D eigenvalue weighted by molar-refractivity contribution is 7.14. The first-order valence-electron chi connectivity index (χ1n) is 8.67. The Morgan fingerprint density at radius 1 is 1.18 bits per heavy atom. The second-order valence-electron chi connectivity index (χ2n) is 6.37. The number of rotatable bonds is 5. The van der Waals surface area contributed by atoms with Crippen molar-refractivity contribution >= 4 is 34.7 Å². The zero-order valence-corrected chi connectivity index (χ0v) is 15.8. The molecule has 1 amide bonds. The van der Waals surface area contributed by atoms with E-state index in [-0.39, 0.29) is 24.7 Å². The van der Waals surface area contributed by atoms with E-state index in [9.17, 15) is 14.4 Å². The molecular formula is C21H16N2O4S. The first-order valence-corrected chi connectivity index (χ1v) is 9.49. The summed E-state index contributed by atoms with van der Waals surface area (Å²) in [4.78, 5) is 41.2. The molecule has 28 heavy (non-hydrogen) atoms. The van der Waals surface area contributed by atoms with Crippen LogP contribution in [0.15, 0.2) is 48.5 Å². The van der Waals surface area contributed by atoms with Gasteiger partial charge >= 0.3 is 5.97 Å². The van der Waals surface area contributed by atoms with Gasteiger partial charge in [0.05, 0.1) is 17.1 Å². The summed E-state index contributed by atoms with van der Waals surface area (Å²) >= 11 is 1.24. The van der Waals surface area contributed by atoms with E-state index >= 15 is 0 Å². The van der Waals surface area contributed by atoms with E-state index in [1.807, 2.05) is 37.3 Å². The zero-order chi connectivity index (χ0) is 19.7. The molecule has 1 aliphatic rings. The summed E-state index contributed by atoms with van der Waals surface area (Å²) in [5, 5.41) is 3.46. The molecule has 1 aromatic heterocycles. The van der Waals surface area contributed by atoms with E-state index in [0.717, 1.165) is 16.1 Å². The van der Waals surface area contributed by atoms with Gasteiger partial charge in [-0.3, -0.25) is 9.59 Å². The van der Waals surface area contributed by atoms with Gasteiger partial charge in [-0.2, -0.15) is 0 Å². The molecule has 0 radical (unpaired) electrons. The molecule has 6 nitrogen and oxygen atoms in total. The van der Waals surface area contributed by atoms with Crippen LogP contribution in [-0.4, -0.2) is 29.3 Å². The molecule has 4 rings (SSSR count). The van der Waals surface area contributed by atoms with E-state index < -0.39 is 5.97 Å². The number of esters is 1. The lowest BCUT2D eigenvalue weighted by Crippen LogP contribution is -2.14. The van der Waals surface area contributed by atoms with Crippen LogP contribution in [-0.2, 0) is 16.0 Å². The van der Waals surface area contributed by atoms with Gasteiger partial charge in [-0.15, -0.1) is 11.3 Å². The van der Waals surface area contributed by atoms with Gasteiger partial charge in [-0.05, 0) is 30.7 Å². The lowest BCUT2D eigenvalue weighted by atomic mass is 10.1. The van der Waals surface area contributed by atoms with Crippen LogP contribution in [0.5, 0.6) is 0 Å². The summed E-state index contributed by atoms with van der Waals surface area (Å²) in [5.74, 6) is -0.992. The number of hydrogen-bond acceptors (Lipinski definition) is 6. The summed E-state index contributed by atoms with van der Waals surface area (Å²) in [6.07, 6.45) is 0.247. The number of aromatic nitrogens is 1.